The third-order valence-electron chi connectivity index (χ3n) is 3.31. The number of hydrogen-bond acceptors (Lipinski definition) is 5. The smallest absolute Gasteiger partial charge is 0.407 e. The third kappa shape index (κ3) is 4.68. The highest BCUT2D eigenvalue weighted by Crippen LogP contribution is 2.28. The first kappa shape index (κ1) is 16.2. The molecule has 0 aliphatic heterocycles. The molecule has 118 valence electrons. The number of amides is 1. The average Bonchev–Trinajstić information content (AvgIpc) is 2.90. The van der Waals surface area contributed by atoms with Gasteiger partial charge in [-0.2, -0.15) is 0 Å². The highest BCUT2D eigenvalue weighted by molar-refractivity contribution is 7.11. The van der Waals surface area contributed by atoms with Crippen molar-refractivity contribution >= 4 is 17.4 Å². The second kappa shape index (κ2) is 5.93. The number of aryl methyl sites for hydroxylation is 2. The Balaban J connectivity index is 1.79. The van der Waals surface area contributed by atoms with Gasteiger partial charge in [-0.1, -0.05) is 0 Å². The predicted octanol–water partition coefficient (Wildman–Crippen LogP) is 3.08. The van der Waals surface area contributed by atoms with Gasteiger partial charge in [-0.3, -0.25) is 0 Å². The van der Waals surface area contributed by atoms with Gasteiger partial charge in [-0.05, 0) is 48.0 Å². The minimum Gasteiger partial charge on any atom is -0.444 e. The molecule has 1 saturated carbocycles. The van der Waals surface area contributed by atoms with Crippen molar-refractivity contribution in [3.63, 3.8) is 0 Å². The van der Waals surface area contributed by atoms with E-state index in [2.05, 4.69) is 29.5 Å². The molecule has 0 bridgehead atoms. The lowest BCUT2D eigenvalue weighted by Gasteiger charge is -2.20. The maximum Gasteiger partial charge on any atom is 0.407 e. The number of aromatic nitrogens is 1. The van der Waals surface area contributed by atoms with E-state index in [1.807, 2.05) is 27.7 Å². The Morgan fingerprint density at radius 3 is 2.57 bits per heavy atom. The van der Waals surface area contributed by atoms with Crippen molar-refractivity contribution in [1.82, 2.24) is 15.6 Å². The van der Waals surface area contributed by atoms with Crippen LogP contribution in [-0.2, 0) is 4.74 Å². The van der Waals surface area contributed by atoms with E-state index in [4.69, 9.17) is 4.74 Å². The molecule has 3 unspecified atom stereocenters. The van der Waals surface area contributed by atoms with E-state index >= 15 is 0 Å². The van der Waals surface area contributed by atoms with E-state index in [9.17, 15) is 4.79 Å². The first-order valence-electron chi connectivity index (χ1n) is 7.35. The Morgan fingerprint density at radius 1 is 1.38 bits per heavy atom. The molecule has 0 saturated heterocycles. The van der Waals surface area contributed by atoms with Crippen molar-refractivity contribution in [2.75, 3.05) is 0 Å². The summed E-state index contributed by atoms with van der Waals surface area (Å²) in [6.45, 7) is 11.8. The van der Waals surface area contributed by atoms with Gasteiger partial charge >= 0.3 is 6.09 Å². The summed E-state index contributed by atoms with van der Waals surface area (Å²) in [6, 6.07) is 0.654. The minimum absolute atomic E-state index is 0.155. The van der Waals surface area contributed by atoms with Crippen LogP contribution in [0.15, 0.2) is 0 Å². The van der Waals surface area contributed by atoms with Crippen LogP contribution in [0.3, 0.4) is 0 Å². The molecule has 0 aromatic carbocycles. The molecule has 2 rings (SSSR count). The second-order valence-corrected chi connectivity index (χ2v) is 8.06. The fourth-order valence-corrected chi connectivity index (χ4v) is 3.26. The zero-order valence-electron chi connectivity index (χ0n) is 13.6. The van der Waals surface area contributed by atoms with Crippen molar-refractivity contribution < 1.29 is 9.53 Å². The highest BCUT2D eigenvalue weighted by atomic mass is 32.1. The molecule has 1 fully saturated rings. The molecular weight excluding hydrogens is 286 g/mol. The molecule has 2 N–H and O–H groups in total. The molecule has 1 aliphatic carbocycles. The largest absolute Gasteiger partial charge is 0.444 e. The quantitative estimate of drug-likeness (QED) is 0.897. The monoisotopic (exact) mass is 311 g/mol. The number of carbonyl (C=O) groups is 1. The Kier molecular flexibility index (Phi) is 4.58. The number of hydrogen-bond donors (Lipinski definition) is 2. The summed E-state index contributed by atoms with van der Waals surface area (Å²) in [5.41, 5.74) is 0.658. The molecule has 0 spiro atoms. The summed E-state index contributed by atoms with van der Waals surface area (Å²) in [4.78, 5) is 17.5. The van der Waals surface area contributed by atoms with Crippen molar-refractivity contribution in [3.8, 4) is 0 Å². The number of carbonyl (C=O) groups excluding carboxylic acids is 1. The van der Waals surface area contributed by atoms with E-state index in [0.717, 1.165) is 17.1 Å². The summed E-state index contributed by atoms with van der Waals surface area (Å²) in [7, 11) is 0. The lowest BCUT2D eigenvalue weighted by molar-refractivity contribution is 0.0522. The summed E-state index contributed by atoms with van der Waals surface area (Å²) >= 11 is 1.72. The molecule has 1 amide bonds. The number of nitrogens with zero attached hydrogens (tertiary/aromatic N) is 1. The maximum absolute atomic E-state index is 11.7. The number of nitrogens with one attached hydrogen (secondary N) is 2. The summed E-state index contributed by atoms with van der Waals surface area (Å²) in [5, 5.41) is 7.51. The second-order valence-electron chi connectivity index (χ2n) is 6.66. The Bertz CT molecular complexity index is 521. The zero-order valence-corrected chi connectivity index (χ0v) is 14.4. The minimum atomic E-state index is -0.454. The van der Waals surface area contributed by atoms with Crippen LogP contribution in [0.1, 0.15) is 55.7 Å². The van der Waals surface area contributed by atoms with Crippen molar-refractivity contribution in [2.24, 2.45) is 0 Å². The van der Waals surface area contributed by atoms with Gasteiger partial charge < -0.3 is 15.4 Å². The van der Waals surface area contributed by atoms with Crippen LogP contribution in [0, 0.1) is 13.8 Å². The predicted molar refractivity (Wildman–Crippen MR) is 84.7 cm³/mol. The molecule has 1 heterocycles. The molecule has 0 radical (unpaired) electrons. The average molecular weight is 311 g/mol. The molecule has 1 aromatic heterocycles. The van der Waals surface area contributed by atoms with Gasteiger partial charge in [0.25, 0.3) is 0 Å². The van der Waals surface area contributed by atoms with Crippen LogP contribution in [0.5, 0.6) is 0 Å². The van der Waals surface area contributed by atoms with Crippen LogP contribution in [0.25, 0.3) is 0 Å². The van der Waals surface area contributed by atoms with Crippen LogP contribution in [0.2, 0.25) is 0 Å². The fourth-order valence-electron chi connectivity index (χ4n) is 2.34. The normalized spacial score (nSPS) is 22.8. The van der Waals surface area contributed by atoms with E-state index < -0.39 is 5.60 Å². The topological polar surface area (TPSA) is 63.2 Å². The van der Waals surface area contributed by atoms with Gasteiger partial charge in [0.05, 0.1) is 10.7 Å². The van der Waals surface area contributed by atoms with E-state index in [1.165, 1.54) is 4.88 Å². The molecule has 3 atom stereocenters. The first-order valence-corrected chi connectivity index (χ1v) is 8.17. The molecule has 21 heavy (non-hydrogen) atoms. The van der Waals surface area contributed by atoms with Crippen LogP contribution >= 0.6 is 11.3 Å². The Hall–Kier alpha value is -1.14. The van der Waals surface area contributed by atoms with Crippen LogP contribution in [0.4, 0.5) is 4.79 Å². The number of thiazole rings is 1. The molecule has 6 heteroatoms. The summed E-state index contributed by atoms with van der Waals surface area (Å²) in [5.74, 6) is 0. The van der Waals surface area contributed by atoms with Gasteiger partial charge in [0.1, 0.15) is 5.60 Å². The first-order chi connectivity index (χ1) is 9.65. The Morgan fingerprint density at radius 2 is 2.05 bits per heavy atom. The molecular formula is C15H25N3O2S. The van der Waals surface area contributed by atoms with E-state index in [-0.39, 0.29) is 18.2 Å². The lowest BCUT2D eigenvalue weighted by atomic mass is 10.2. The van der Waals surface area contributed by atoms with Crippen LogP contribution < -0.4 is 10.6 Å². The van der Waals surface area contributed by atoms with Gasteiger partial charge in [-0.25, -0.2) is 9.78 Å². The van der Waals surface area contributed by atoms with Gasteiger partial charge in [0, 0.05) is 23.0 Å². The third-order valence-corrected chi connectivity index (χ3v) is 4.21. The van der Waals surface area contributed by atoms with Gasteiger partial charge in [-0.15, -0.1) is 11.3 Å². The SMILES string of the molecule is Cc1nc(C(C)NC2CC2NC(=O)OC(C)(C)C)c(C)s1. The summed E-state index contributed by atoms with van der Waals surface area (Å²) < 4.78 is 5.26. The maximum atomic E-state index is 11.7. The zero-order chi connectivity index (χ0) is 15.8. The highest BCUT2D eigenvalue weighted by Gasteiger charge is 2.40. The molecule has 1 aromatic rings. The van der Waals surface area contributed by atoms with Crippen molar-refractivity contribution in [3.05, 3.63) is 15.6 Å². The Labute approximate surface area is 130 Å². The van der Waals surface area contributed by atoms with Crippen molar-refractivity contribution in [2.45, 2.75) is 71.7 Å². The number of alkyl carbamates (subject to hydrolysis) is 1. The molecule has 5 nitrogen and oxygen atoms in total. The van der Waals surface area contributed by atoms with Gasteiger partial charge in [0.2, 0.25) is 0 Å². The van der Waals surface area contributed by atoms with Gasteiger partial charge in [0.15, 0.2) is 0 Å². The number of rotatable bonds is 4. The lowest BCUT2D eigenvalue weighted by Crippen LogP contribution is -2.37. The van der Waals surface area contributed by atoms with E-state index in [0.29, 0.717) is 6.04 Å². The summed E-state index contributed by atoms with van der Waals surface area (Å²) in [6.07, 6.45) is 0.594. The molecule has 1 aliphatic rings. The van der Waals surface area contributed by atoms with Crippen LogP contribution in [-0.4, -0.2) is 28.8 Å². The fraction of sp³-hybridized carbons (Fsp3) is 0.733. The van der Waals surface area contributed by atoms with Crippen molar-refractivity contribution in [1.29, 1.82) is 0 Å². The van der Waals surface area contributed by atoms with E-state index in [1.54, 1.807) is 11.3 Å². The number of ether oxygens (including phenoxy) is 1. The standard InChI is InChI=1S/C15H25N3O2S/c1-8(13-9(2)21-10(3)17-13)16-11-7-12(11)18-14(19)20-15(4,5)6/h8,11-12,16H,7H2,1-6H3,(H,18,19).